The number of anilines is 1. The smallest absolute Gasteiger partial charge is 0.234 e. The second-order valence-corrected chi connectivity index (χ2v) is 4.82. The minimum atomic E-state index is -1.17. The van der Waals surface area contributed by atoms with Crippen LogP contribution in [0.15, 0.2) is 28.7 Å². The minimum absolute atomic E-state index is 0.101. The zero-order valence-electron chi connectivity index (χ0n) is 8.23. The van der Waals surface area contributed by atoms with E-state index in [1.54, 1.807) is 12.1 Å². The number of carbonyl (C=O) groups excluding carboxylic acids is 2. The maximum Gasteiger partial charge on any atom is 0.234 e. The predicted octanol–water partition coefficient (Wildman–Crippen LogP) is 0.871. The standard InChI is InChI=1S/C10H10BrNO3S/c11-7-1-3-8(4-2-7)12-9(13)5-16-6-10(14)15/h1-4H,5-6H2,(H,12,13)(H,14,15)/p-1. The third kappa shape index (κ3) is 5.18. The van der Waals surface area contributed by atoms with E-state index in [1.165, 1.54) is 0 Å². The normalized spacial score (nSPS) is 9.81. The van der Waals surface area contributed by atoms with Crippen LogP contribution in [0.1, 0.15) is 0 Å². The Morgan fingerprint density at radius 2 is 1.88 bits per heavy atom. The fourth-order valence-corrected chi connectivity index (χ4v) is 1.75. The van der Waals surface area contributed by atoms with E-state index in [0.29, 0.717) is 5.69 Å². The minimum Gasteiger partial charge on any atom is -0.549 e. The van der Waals surface area contributed by atoms with Crippen molar-refractivity contribution in [2.45, 2.75) is 0 Å². The highest BCUT2D eigenvalue weighted by atomic mass is 79.9. The van der Waals surface area contributed by atoms with Crippen molar-refractivity contribution in [2.75, 3.05) is 16.8 Å². The first-order valence-electron chi connectivity index (χ1n) is 4.41. The monoisotopic (exact) mass is 302 g/mol. The molecule has 4 nitrogen and oxygen atoms in total. The Balaban J connectivity index is 2.34. The van der Waals surface area contributed by atoms with E-state index >= 15 is 0 Å². The van der Waals surface area contributed by atoms with Crippen LogP contribution in [0.5, 0.6) is 0 Å². The molecule has 1 aromatic carbocycles. The lowest BCUT2D eigenvalue weighted by Gasteiger charge is -2.05. The van der Waals surface area contributed by atoms with Crippen molar-refractivity contribution in [3.63, 3.8) is 0 Å². The summed E-state index contributed by atoms with van der Waals surface area (Å²) in [5.74, 6) is -1.47. The van der Waals surface area contributed by atoms with Crippen molar-refractivity contribution in [2.24, 2.45) is 0 Å². The lowest BCUT2D eigenvalue weighted by Crippen LogP contribution is -2.25. The number of nitrogens with one attached hydrogen (secondary N) is 1. The average Bonchev–Trinajstić information content (AvgIpc) is 2.21. The molecule has 0 saturated carbocycles. The van der Waals surface area contributed by atoms with Crippen molar-refractivity contribution in [1.29, 1.82) is 0 Å². The van der Waals surface area contributed by atoms with Crippen LogP contribution >= 0.6 is 27.7 Å². The van der Waals surface area contributed by atoms with E-state index in [4.69, 9.17) is 0 Å². The Hall–Kier alpha value is -1.01. The van der Waals surface area contributed by atoms with E-state index in [-0.39, 0.29) is 17.4 Å². The fourth-order valence-electron chi connectivity index (χ4n) is 0.957. The number of halogens is 1. The summed E-state index contributed by atoms with van der Waals surface area (Å²) < 4.78 is 0.928. The molecule has 6 heteroatoms. The highest BCUT2D eigenvalue weighted by Gasteiger charge is 2.02. The lowest BCUT2D eigenvalue weighted by atomic mass is 10.3. The van der Waals surface area contributed by atoms with Crippen molar-refractivity contribution in [3.8, 4) is 0 Å². The number of hydrogen-bond acceptors (Lipinski definition) is 4. The predicted molar refractivity (Wildman–Crippen MR) is 65.1 cm³/mol. The van der Waals surface area contributed by atoms with E-state index in [0.717, 1.165) is 16.2 Å². The second-order valence-electron chi connectivity index (χ2n) is 2.92. The van der Waals surface area contributed by atoms with Gasteiger partial charge in [0, 0.05) is 15.9 Å². The van der Waals surface area contributed by atoms with Gasteiger partial charge >= 0.3 is 0 Å². The number of rotatable bonds is 5. The third-order valence-corrected chi connectivity index (χ3v) is 3.02. The molecule has 0 bridgehead atoms. The molecule has 1 amide bonds. The maximum atomic E-state index is 11.3. The van der Waals surface area contributed by atoms with Crippen molar-refractivity contribution < 1.29 is 14.7 Å². The Bertz CT molecular complexity index is 380. The second kappa shape index (κ2) is 6.55. The maximum absolute atomic E-state index is 11.3. The molecule has 86 valence electrons. The van der Waals surface area contributed by atoms with Crippen LogP contribution in [-0.2, 0) is 9.59 Å². The first kappa shape index (κ1) is 13.1. The van der Waals surface area contributed by atoms with E-state index in [9.17, 15) is 14.7 Å². The van der Waals surface area contributed by atoms with E-state index in [1.807, 2.05) is 12.1 Å². The summed E-state index contributed by atoms with van der Waals surface area (Å²) in [6.45, 7) is 0. The van der Waals surface area contributed by atoms with Crippen LogP contribution < -0.4 is 10.4 Å². The molecule has 0 aliphatic heterocycles. The molecule has 1 rings (SSSR count). The molecule has 0 aliphatic carbocycles. The van der Waals surface area contributed by atoms with Gasteiger partial charge in [0.2, 0.25) is 5.91 Å². The van der Waals surface area contributed by atoms with Gasteiger partial charge in [-0.15, -0.1) is 11.8 Å². The Labute approximate surface area is 106 Å². The first-order valence-corrected chi connectivity index (χ1v) is 6.35. The summed E-state index contributed by atoms with van der Waals surface area (Å²) in [6, 6.07) is 7.13. The fraction of sp³-hybridized carbons (Fsp3) is 0.200. The average molecular weight is 303 g/mol. The van der Waals surface area contributed by atoms with Gasteiger partial charge in [0.05, 0.1) is 11.7 Å². The molecule has 0 aromatic heterocycles. The van der Waals surface area contributed by atoms with Gasteiger partial charge in [0.25, 0.3) is 0 Å². The Morgan fingerprint density at radius 3 is 2.44 bits per heavy atom. The van der Waals surface area contributed by atoms with Crippen LogP contribution in [0.25, 0.3) is 0 Å². The third-order valence-electron chi connectivity index (χ3n) is 1.58. The van der Waals surface area contributed by atoms with Gasteiger partial charge < -0.3 is 15.2 Å². The summed E-state index contributed by atoms with van der Waals surface area (Å²) in [5.41, 5.74) is 0.683. The van der Waals surface area contributed by atoms with Gasteiger partial charge in [-0.05, 0) is 24.3 Å². The summed E-state index contributed by atoms with van der Waals surface area (Å²) in [5, 5.41) is 12.8. The summed E-state index contributed by atoms with van der Waals surface area (Å²) >= 11 is 4.29. The highest BCUT2D eigenvalue weighted by Crippen LogP contribution is 2.14. The molecular weight excluding hydrogens is 294 g/mol. The largest absolute Gasteiger partial charge is 0.549 e. The molecule has 1 aromatic rings. The molecule has 1 N–H and O–H groups in total. The van der Waals surface area contributed by atoms with Crippen LogP contribution in [0.2, 0.25) is 0 Å². The molecule has 0 radical (unpaired) electrons. The lowest BCUT2D eigenvalue weighted by molar-refractivity contribution is -0.301. The van der Waals surface area contributed by atoms with Gasteiger partial charge in [-0.3, -0.25) is 4.79 Å². The molecular formula is C10H9BrNO3S-. The van der Waals surface area contributed by atoms with Crippen LogP contribution in [0.3, 0.4) is 0 Å². The molecule has 0 spiro atoms. The van der Waals surface area contributed by atoms with Gasteiger partial charge in [-0.25, -0.2) is 0 Å². The Morgan fingerprint density at radius 1 is 1.25 bits per heavy atom. The Kier molecular flexibility index (Phi) is 5.34. The number of carboxylic acid groups (broad SMARTS) is 1. The van der Waals surface area contributed by atoms with E-state index in [2.05, 4.69) is 21.2 Å². The number of hydrogen-bond donors (Lipinski definition) is 1. The molecule has 0 aliphatic rings. The van der Waals surface area contributed by atoms with Crippen LogP contribution in [0.4, 0.5) is 5.69 Å². The molecule has 0 heterocycles. The molecule has 0 saturated heterocycles. The molecule has 16 heavy (non-hydrogen) atoms. The van der Waals surface area contributed by atoms with Crippen LogP contribution in [-0.4, -0.2) is 23.4 Å². The number of carboxylic acids is 1. The van der Waals surface area contributed by atoms with Gasteiger partial charge in [-0.1, -0.05) is 15.9 Å². The summed E-state index contributed by atoms with van der Waals surface area (Å²) in [4.78, 5) is 21.4. The first-order chi connectivity index (χ1) is 7.58. The zero-order chi connectivity index (χ0) is 12.0. The highest BCUT2D eigenvalue weighted by molar-refractivity contribution is 9.10. The topological polar surface area (TPSA) is 69.2 Å². The van der Waals surface area contributed by atoms with Crippen molar-refractivity contribution in [3.05, 3.63) is 28.7 Å². The quantitative estimate of drug-likeness (QED) is 0.876. The summed E-state index contributed by atoms with van der Waals surface area (Å²) in [7, 11) is 0. The van der Waals surface area contributed by atoms with Crippen molar-refractivity contribution >= 4 is 45.3 Å². The SMILES string of the molecule is O=C([O-])CSCC(=O)Nc1ccc(Br)cc1. The number of aliphatic carboxylic acids is 1. The number of amides is 1. The molecule has 0 atom stereocenters. The molecule has 0 fully saturated rings. The van der Waals surface area contributed by atoms with Gasteiger partial charge in [0.1, 0.15) is 0 Å². The molecule has 0 unspecified atom stereocenters. The van der Waals surface area contributed by atoms with E-state index < -0.39 is 5.97 Å². The summed E-state index contributed by atoms with van der Waals surface area (Å²) in [6.07, 6.45) is 0. The van der Waals surface area contributed by atoms with Crippen LogP contribution in [0, 0.1) is 0 Å². The van der Waals surface area contributed by atoms with Gasteiger partial charge in [0.15, 0.2) is 0 Å². The zero-order valence-corrected chi connectivity index (χ0v) is 10.6. The number of benzene rings is 1. The van der Waals surface area contributed by atoms with Crippen molar-refractivity contribution in [1.82, 2.24) is 0 Å². The van der Waals surface area contributed by atoms with Gasteiger partial charge in [-0.2, -0.15) is 0 Å². The number of thioether (sulfide) groups is 1. The number of carbonyl (C=O) groups is 2.